The summed E-state index contributed by atoms with van der Waals surface area (Å²) in [5.41, 5.74) is 0.724. The highest BCUT2D eigenvalue weighted by Crippen LogP contribution is 2.27. The fourth-order valence-electron chi connectivity index (χ4n) is 1.02. The zero-order chi connectivity index (χ0) is 10.8. The zero-order valence-corrected chi connectivity index (χ0v) is 10.3. The van der Waals surface area contributed by atoms with Crippen molar-refractivity contribution in [3.8, 4) is 0 Å². The van der Waals surface area contributed by atoms with Crippen molar-refractivity contribution in [1.29, 1.82) is 0 Å². The van der Waals surface area contributed by atoms with Gasteiger partial charge in [0.2, 0.25) is 0 Å². The summed E-state index contributed by atoms with van der Waals surface area (Å²) >= 11 is 18.5. The van der Waals surface area contributed by atoms with Crippen LogP contribution in [0.5, 0.6) is 0 Å². The molecule has 1 heterocycles. The number of anilines is 2. The van der Waals surface area contributed by atoms with Crippen LogP contribution in [0.1, 0.15) is 0 Å². The van der Waals surface area contributed by atoms with Gasteiger partial charge in [0.25, 0.3) is 0 Å². The SMILES string of the molecule is Clc1cc(Cl)cc(Nc2nsnc2Cl)c1. The molecular weight excluding hydrogens is 277 g/mol. The molecule has 1 aromatic heterocycles. The molecule has 0 atom stereocenters. The molecule has 0 unspecified atom stereocenters. The summed E-state index contributed by atoms with van der Waals surface area (Å²) in [6, 6.07) is 5.10. The van der Waals surface area contributed by atoms with Crippen molar-refractivity contribution < 1.29 is 0 Å². The lowest BCUT2D eigenvalue weighted by Crippen LogP contribution is -1.90. The maximum absolute atomic E-state index is 5.84. The minimum Gasteiger partial charge on any atom is -0.337 e. The first-order valence-corrected chi connectivity index (χ1v) is 5.73. The van der Waals surface area contributed by atoms with E-state index in [2.05, 4.69) is 14.1 Å². The van der Waals surface area contributed by atoms with Crippen LogP contribution in [0.15, 0.2) is 18.2 Å². The van der Waals surface area contributed by atoms with E-state index >= 15 is 0 Å². The molecule has 7 heteroatoms. The van der Waals surface area contributed by atoms with Crippen molar-refractivity contribution in [2.75, 3.05) is 5.32 Å². The highest BCUT2D eigenvalue weighted by Gasteiger charge is 2.06. The topological polar surface area (TPSA) is 37.8 Å². The minimum absolute atomic E-state index is 0.330. The molecule has 3 nitrogen and oxygen atoms in total. The normalized spacial score (nSPS) is 10.3. The van der Waals surface area contributed by atoms with Crippen molar-refractivity contribution in [2.24, 2.45) is 0 Å². The van der Waals surface area contributed by atoms with Crippen LogP contribution in [0, 0.1) is 0 Å². The number of rotatable bonds is 2. The first-order chi connectivity index (χ1) is 7.15. The Balaban J connectivity index is 2.28. The quantitative estimate of drug-likeness (QED) is 0.894. The van der Waals surface area contributed by atoms with Gasteiger partial charge in [-0.1, -0.05) is 34.8 Å². The Labute approximate surface area is 105 Å². The van der Waals surface area contributed by atoms with E-state index in [4.69, 9.17) is 34.8 Å². The molecule has 0 saturated carbocycles. The largest absolute Gasteiger partial charge is 0.337 e. The molecule has 0 fully saturated rings. The summed E-state index contributed by atoms with van der Waals surface area (Å²) in [5.74, 6) is 0.500. The molecule has 0 saturated heterocycles. The van der Waals surface area contributed by atoms with Crippen molar-refractivity contribution in [1.82, 2.24) is 8.75 Å². The number of aromatic nitrogens is 2. The van der Waals surface area contributed by atoms with Gasteiger partial charge in [0, 0.05) is 15.7 Å². The number of hydrogen-bond acceptors (Lipinski definition) is 4. The van der Waals surface area contributed by atoms with Gasteiger partial charge in [0.05, 0.1) is 11.7 Å². The molecule has 2 rings (SSSR count). The lowest BCUT2D eigenvalue weighted by Gasteiger charge is -2.03. The van der Waals surface area contributed by atoms with Gasteiger partial charge in [-0.25, -0.2) is 0 Å². The van der Waals surface area contributed by atoms with Gasteiger partial charge in [-0.2, -0.15) is 8.75 Å². The standard InChI is InChI=1S/C8H4Cl3N3S/c9-4-1-5(10)3-6(2-4)12-8-7(11)13-15-14-8/h1-3H,(H,12,14). The van der Waals surface area contributed by atoms with Crippen LogP contribution in [-0.4, -0.2) is 8.75 Å². The molecule has 0 aliphatic rings. The van der Waals surface area contributed by atoms with E-state index in [1.165, 1.54) is 0 Å². The van der Waals surface area contributed by atoms with Gasteiger partial charge in [-0.3, -0.25) is 0 Å². The highest BCUT2D eigenvalue weighted by molar-refractivity contribution is 6.99. The maximum atomic E-state index is 5.84. The summed E-state index contributed by atoms with van der Waals surface area (Å²) in [7, 11) is 0. The average molecular weight is 281 g/mol. The van der Waals surface area contributed by atoms with Gasteiger partial charge >= 0.3 is 0 Å². The molecule has 0 radical (unpaired) electrons. The molecule has 0 aliphatic carbocycles. The van der Waals surface area contributed by atoms with Crippen LogP contribution in [-0.2, 0) is 0 Å². The molecule has 2 aromatic rings. The van der Waals surface area contributed by atoms with Crippen LogP contribution in [0.25, 0.3) is 0 Å². The number of nitrogens with one attached hydrogen (secondary N) is 1. The second-order valence-electron chi connectivity index (χ2n) is 2.69. The first-order valence-electron chi connectivity index (χ1n) is 3.86. The molecular formula is C8H4Cl3N3S. The Bertz CT molecular complexity index is 465. The third kappa shape index (κ3) is 2.72. The molecule has 78 valence electrons. The van der Waals surface area contributed by atoms with Gasteiger partial charge in [-0.15, -0.1) is 0 Å². The lowest BCUT2D eigenvalue weighted by atomic mass is 10.3. The Morgan fingerprint density at radius 1 is 1.00 bits per heavy atom. The number of hydrogen-bond donors (Lipinski definition) is 1. The Morgan fingerprint density at radius 3 is 2.20 bits per heavy atom. The Morgan fingerprint density at radius 2 is 1.67 bits per heavy atom. The van der Waals surface area contributed by atoms with Crippen LogP contribution in [0.3, 0.4) is 0 Å². The van der Waals surface area contributed by atoms with Gasteiger partial charge in [0.1, 0.15) is 0 Å². The predicted octanol–water partition coefficient (Wildman–Crippen LogP) is 4.24. The summed E-state index contributed by atoms with van der Waals surface area (Å²) in [6.07, 6.45) is 0. The number of halogens is 3. The molecule has 1 N–H and O–H groups in total. The molecule has 1 aromatic carbocycles. The van der Waals surface area contributed by atoms with Gasteiger partial charge in [0.15, 0.2) is 11.0 Å². The third-order valence-corrected chi connectivity index (χ3v) is 2.90. The first kappa shape index (κ1) is 11.0. The fourth-order valence-corrected chi connectivity index (χ4v) is 2.19. The van der Waals surface area contributed by atoms with Crippen LogP contribution in [0.2, 0.25) is 15.2 Å². The summed E-state index contributed by atoms with van der Waals surface area (Å²) in [6.45, 7) is 0. The molecule has 0 bridgehead atoms. The fraction of sp³-hybridized carbons (Fsp3) is 0. The molecule has 0 amide bonds. The lowest BCUT2D eigenvalue weighted by molar-refractivity contribution is 1.45. The highest BCUT2D eigenvalue weighted by atomic mass is 35.5. The summed E-state index contributed by atoms with van der Waals surface area (Å²) < 4.78 is 7.80. The Kier molecular flexibility index (Phi) is 3.31. The molecule has 0 aliphatic heterocycles. The van der Waals surface area contributed by atoms with Crippen molar-refractivity contribution in [2.45, 2.75) is 0 Å². The predicted molar refractivity (Wildman–Crippen MR) is 64.7 cm³/mol. The van der Waals surface area contributed by atoms with Crippen LogP contribution >= 0.6 is 46.5 Å². The van der Waals surface area contributed by atoms with E-state index in [9.17, 15) is 0 Å². The summed E-state index contributed by atoms with van der Waals surface area (Å²) in [5, 5.41) is 4.39. The second-order valence-corrected chi connectivity index (χ2v) is 4.45. The number of benzene rings is 1. The van der Waals surface area contributed by atoms with E-state index in [0.717, 1.165) is 17.4 Å². The van der Waals surface area contributed by atoms with Crippen molar-refractivity contribution >= 4 is 58.0 Å². The van der Waals surface area contributed by atoms with E-state index in [0.29, 0.717) is 21.0 Å². The van der Waals surface area contributed by atoms with E-state index < -0.39 is 0 Å². The van der Waals surface area contributed by atoms with E-state index in [-0.39, 0.29) is 0 Å². The van der Waals surface area contributed by atoms with Gasteiger partial charge < -0.3 is 5.32 Å². The second kappa shape index (κ2) is 4.53. The van der Waals surface area contributed by atoms with Gasteiger partial charge in [-0.05, 0) is 18.2 Å². The van der Waals surface area contributed by atoms with E-state index in [1.807, 2.05) is 0 Å². The minimum atomic E-state index is 0.330. The monoisotopic (exact) mass is 279 g/mol. The van der Waals surface area contributed by atoms with E-state index in [1.54, 1.807) is 18.2 Å². The zero-order valence-electron chi connectivity index (χ0n) is 7.17. The van der Waals surface area contributed by atoms with Crippen LogP contribution in [0.4, 0.5) is 11.5 Å². The third-order valence-electron chi connectivity index (χ3n) is 1.57. The molecule has 0 spiro atoms. The summed E-state index contributed by atoms with van der Waals surface area (Å²) in [4.78, 5) is 0. The average Bonchev–Trinajstić information content (AvgIpc) is 2.50. The Hall–Kier alpha value is -0.550. The van der Waals surface area contributed by atoms with Crippen molar-refractivity contribution in [3.63, 3.8) is 0 Å². The molecule has 15 heavy (non-hydrogen) atoms. The van der Waals surface area contributed by atoms with Crippen molar-refractivity contribution in [3.05, 3.63) is 33.4 Å². The van der Waals surface area contributed by atoms with Crippen LogP contribution < -0.4 is 5.32 Å². The maximum Gasteiger partial charge on any atom is 0.187 e. The smallest absolute Gasteiger partial charge is 0.187 e. The number of nitrogens with zero attached hydrogens (tertiary/aromatic N) is 2.